The number of carbonyl (C=O) groups excluding carboxylic acids is 1. The molecule has 5 nitrogen and oxygen atoms in total. The van der Waals surface area contributed by atoms with Gasteiger partial charge in [-0.15, -0.1) is 0 Å². The molecule has 0 saturated heterocycles. The molecule has 3 aromatic rings. The summed E-state index contributed by atoms with van der Waals surface area (Å²) in [6.45, 7) is 1.82. The van der Waals surface area contributed by atoms with Crippen molar-refractivity contribution in [1.82, 2.24) is 0 Å². The van der Waals surface area contributed by atoms with Crippen molar-refractivity contribution in [3.05, 3.63) is 64.8 Å². The van der Waals surface area contributed by atoms with E-state index < -0.39 is 5.97 Å². The maximum absolute atomic E-state index is 12.3. The Morgan fingerprint density at radius 2 is 1.83 bits per heavy atom. The number of carbonyl (C=O) groups is 1. The van der Waals surface area contributed by atoms with Gasteiger partial charge in [0, 0.05) is 6.07 Å². The summed E-state index contributed by atoms with van der Waals surface area (Å²) in [6.07, 6.45) is 0. The molecule has 0 aliphatic carbocycles. The lowest BCUT2D eigenvalue weighted by atomic mass is 10.1. The van der Waals surface area contributed by atoms with Gasteiger partial charge < -0.3 is 13.9 Å². The minimum Gasteiger partial charge on any atom is -0.481 e. The minimum atomic E-state index is -0.452. The molecule has 0 amide bonds. The van der Waals surface area contributed by atoms with Crippen LogP contribution in [0.2, 0.25) is 0 Å². The van der Waals surface area contributed by atoms with Crippen LogP contribution in [0.5, 0.6) is 5.75 Å². The van der Waals surface area contributed by atoms with Gasteiger partial charge in [0.05, 0.1) is 17.6 Å². The molecule has 0 aliphatic heterocycles. The van der Waals surface area contributed by atoms with Crippen LogP contribution in [0.3, 0.4) is 0 Å². The summed E-state index contributed by atoms with van der Waals surface area (Å²) in [6, 6.07) is 15.5. The second-order valence-corrected chi connectivity index (χ2v) is 5.06. The van der Waals surface area contributed by atoms with Gasteiger partial charge in [-0.2, -0.15) is 0 Å². The van der Waals surface area contributed by atoms with Crippen molar-refractivity contribution < 1.29 is 18.7 Å². The Kier molecular flexibility index (Phi) is 4.61. The lowest BCUT2D eigenvalue weighted by Gasteiger charge is -2.10. The fraction of sp³-hybridized carbons (Fsp3) is 0.158. The number of esters is 1. The first-order chi connectivity index (χ1) is 11.7. The van der Waals surface area contributed by atoms with E-state index in [0.29, 0.717) is 34.6 Å². The lowest BCUT2D eigenvalue weighted by Crippen LogP contribution is -2.14. The summed E-state index contributed by atoms with van der Waals surface area (Å²) in [5, 5.41) is 0.520. The van der Waals surface area contributed by atoms with Gasteiger partial charge in [0.2, 0.25) is 0 Å². The Balaban J connectivity index is 1.98. The topological polar surface area (TPSA) is 65.7 Å². The Bertz CT molecular complexity index is 926. The monoisotopic (exact) mass is 324 g/mol. The molecule has 0 aliphatic rings. The third-order valence-corrected chi connectivity index (χ3v) is 3.44. The average Bonchev–Trinajstić information content (AvgIpc) is 2.60. The van der Waals surface area contributed by atoms with Gasteiger partial charge >= 0.3 is 5.97 Å². The summed E-state index contributed by atoms with van der Waals surface area (Å²) >= 11 is 0. The first-order valence-electron chi connectivity index (χ1n) is 7.59. The van der Waals surface area contributed by atoms with Crippen LogP contribution in [-0.2, 0) is 9.53 Å². The summed E-state index contributed by atoms with van der Waals surface area (Å²) in [5.74, 6) is 0.384. The summed E-state index contributed by atoms with van der Waals surface area (Å²) in [4.78, 5) is 23.7. The zero-order chi connectivity index (χ0) is 16.9. The van der Waals surface area contributed by atoms with Crippen molar-refractivity contribution >= 4 is 16.9 Å². The highest BCUT2D eigenvalue weighted by Gasteiger charge is 2.12. The fourth-order valence-electron chi connectivity index (χ4n) is 2.37. The predicted molar refractivity (Wildman–Crippen MR) is 90.0 cm³/mol. The maximum Gasteiger partial charge on any atom is 0.344 e. The van der Waals surface area contributed by atoms with Gasteiger partial charge in [-0.05, 0) is 31.2 Å². The van der Waals surface area contributed by atoms with Crippen molar-refractivity contribution in [2.24, 2.45) is 0 Å². The number of fused-ring (bicyclic) bond motifs is 1. The van der Waals surface area contributed by atoms with Crippen LogP contribution in [0.25, 0.3) is 22.3 Å². The van der Waals surface area contributed by atoms with Gasteiger partial charge in [-0.1, -0.05) is 24.3 Å². The van der Waals surface area contributed by atoms with Gasteiger partial charge in [-0.25, -0.2) is 4.79 Å². The molecule has 24 heavy (non-hydrogen) atoms. The van der Waals surface area contributed by atoms with Crippen molar-refractivity contribution in [3.8, 4) is 17.1 Å². The molecule has 0 bridgehead atoms. The number of benzene rings is 2. The van der Waals surface area contributed by atoms with E-state index >= 15 is 0 Å². The molecule has 0 atom stereocenters. The average molecular weight is 324 g/mol. The SMILES string of the molecule is CCOC(=O)COc1ccccc1-c1cc(=O)c2ccccc2o1. The number of hydrogen-bond acceptors (Lipinski definition) is 5. The van der Waals surface area contributed by atoms with E-state index in [0.717, 1.165) is 0 Å². The molecule has 122 valence electrons. The Hall–Kier alpha value is -3.08. The molecule has 1 aromatic heterocycles. The molecule has 0 saturated carbocycles. The van der Waals surface area contributed by atoms with E-state index in [1.54, 1.807) is 49.4 Å². The van der Waals surface area contributed by atoms with E-state index in [4.69, 9.17) is 13.9 Å². The number of para-hydroxylation sites is 2. The van der Waals surface area contributed by atoms with E-state index in [9.17, 15) is 9.59 Å². The largest absolute Gasteiger partial charge is 0.481 e. The second-order valence-electron chi connectivity index (χ2n) is 5.06. The van der Waals surface area contributed by atoms with Crippen LogP contribution in [0.4, 0.5) is 0 Å². The Labute approximate surface area is 138 Å². The van der Waals surface area contributed by atoms with E-state index in [1.165, 1.54) is 6.07 Å². The highest BCUT2D eigenvalue weighted by Crippen LogP contribution is 2.30. The van der Waals surface area contributed by atoms with Crippen LogP contribution in [0, 0.1) is 0 Å². The molecular formula is C19H16O5. The van der Waals surface area contributed by atoms with Crippen LogP contribution in [0.15, 0.2) is 63.8 Å². The van der Waals surface area contributed by atoms with Crippen LogP contribution in [-0.4, -0.2) is 19.2 Å². The van der Waals surface area contributed by atoms with Gasteiger partial charge in [-0.3, -0.25) is 4.79 Å². The molecular weight excluding hydrogens is 308 g/mol. The van der Waals surface area contributed by atoms with Crippen molar-refractivity contribution in [1.29, 1.82) is 0 Å². The highest BCUT2D eigenvalue weighted by molar-refractivity contribution is 5.79. The molecule has 5 heteroatoms. The van der Waals surface area contributed by atoms with E-state index in [1.807, 2.05) is 6.07 Å². The van der Waals surface area contributed by atoms with Gasteiger partial charge in [0.25, 0.3) is 0 Å². The third kappa shape index (κ3) is 3.30. The predicted octanol–water partition coefficient (Wildman–Crippen LogP) is 3.40. The van der Waals surface area contributed by atoms with E-state index in [-0.39, 0.29) is 12.0 Å². The van der Waals surface area contributed by atoms with Crippen LogP contribution < -0.4 is 10.2 Å². The van der Waals surface area contributed by atoms with Crippen molar-refractivity contribution in [3.63, 3.8) is 0 Å². The van der Waals surface area contributed by atoms with Crippen molar-refractivity contribution in [2.75, 3.05) is 13.2 Å². The molecule has 0 radical (unpaired) electrons. The molecule has 0 N–H and O–H groups in total. The number of rotatable bonds is 5. The standard InChI is InChI=1S/C19H16O5/c1-2-22-19(21)12-23-16-9-5-4-8-14(16)18-11-15(20)13-7-3-6-10-17(13)24-18/h3-11H,2,12H2,1H3. The molecule has 0 fully saturated rings. The third-order valence-electron chi connectivity index (χ3n) is 3.44. The maximum atomic E-state index is 12.3. The molecule has 0 unspecified atom stereocenters. The normalized spacial score (nSPS) is 10.5. The number of hydrogen-bond donors (Lipinski definition) is 0. The molecule has 0 spiro atoms. The summed E-state index contributed by atoms with van der Waals surface area (Å²) in [5.41, 5.74) is 0.969. The summed E-state index contributed by atoms with van der Waals surface area (Å²) < 4.78 is 16.2. The van der Waals surface area contributed by atoms with Crippen LogP contribution in [0.1, 0.15) is 6.92 Å². The number of ether oxygens (including phenoxy) is 2. The highest BCUT2D eigenvalue weighted by atomic mass is 16.6. The Morgan fingerprint density at radius 3 is 2.67 bits per heavy atom. The lowest BCUT2D eigenvalue weighted by molar-refractivity contribution is -0.145. The first-order valence-corrected chi connectivity index (χ1v) is 7.59. The smallest absolute Gasteiger partial charge is 0.344 e. The minimum absolute atomic E-state index is 0.132. The molecule has 3 rings (SSSR count). The first kappa shape index (κ1) is 15.8. The van der Waals surface area contributed by atoms with Gasteiger partial charge in [0.15, 0.2) is 12.0 Å². The quantitative estimate of drug-likeness (QED) is 0.673. The second kappa shape index (κ2) is 7.00. The molecule has 1 heterocycles. The zero-order valence-corrected chi connectivity index (χ0v) is 13.2. The summed E-state index contributed by atoms with van der Waals surface area (Å²) in [7, 11) is 0. The fourth-order valence-corrected chi connectivity index (χ4v) is 2.37. The van der Waals surface area contributed by atoms with E-state index in [2.05, 4.69) is 0 Å². The zero-order valence-electron chi connectivity index (χ0n) is 13.2. The van der Waals surface area contributed by atoms with Crippen molar-refractivity contribution in [2.45, 2.75) is 6.92 Å². The van der Waals surface area contributed by atoms with Gasteiger partial charge in [0.1, 0.15) is 17.1 Å². The Morgan fingerprint density at radius 1 is 1.08 bits per heavy atom. The molecule has 2 aromatic carbocycles. The van der Waals surface area contributed by atoms with Crippen LogP contribution >= 0.6 is 0 Å².